The van der Waals surface area contributed by atoms with E-state index in [2.05, 4.69) is 27.0 Å². The number of allylic oxidation sites excluding steroid dienone is 1. The summed E-state index contributed by atoms with van der Waals surface area (Å²) < 4.78 is 32.7. The van der Waals surface area contributed by atoms with Gasteiger partial charge >= 0.3 is 5.69 Å². The van der Waals surface area contributed by atoms with Gasteiger partial charge < -0.3 is 9.84 Å². The first-order valence-electron chi connectivity index (χ1n) is 11.2. The Hall–Kier alpha value is -3.96. The number of fused-ring (bicyclic) bond motifs is 1. The maximum Gasteiger partial charge on any atom is 0.331 e. The molecule has 0 aromatic carbocycles. The molecule has 4 rings (SSSR count). The highest BCUT2D eigenvalue weighted by atomic mass is 19.3. The van der Waals surface area contributed by atoms with E-state index >= 15 is 0 Å². The van der Waals surface area contributed by atoms with Crippen molar-refractivity contribution in [3.63, 3.8) is 0 Å². The Morgan fingerprint density at radius 3 is 2.66 bits per heavy atom. The van der Waals surface area contributed by atoms with Crippen molar-refractivity contribution in [2.24, 2.45) is 0 Å². The number of carbonyl (C=O) groups excluding carboxylic acids is 1. The minimum atomic E-state index is -2.52. The summed E-state index contributed by atoms with van der Waals surface area (Å²) in [6.07, 6.45) is 0.214. The number of halogens is 2. The minimum Gasteiger partial charge on any atom is -0.332 e. The van der Waals surface area contributed by atoms with Gasteiger partial charge in [-0.05, 0) is 31.4 Å². The van der Waals surface area contributed by atoms with Crippen molar-refractivity contribution in [3.8, 4) is 11.6 Å². The third kappa shape index (κ3) is 5.42. The smallest absolute Gasteiger partial charge is 0.331 e. The average molecular weight is 486 g/mol. The summed E-state index contributed by atoms with van der Waals surface area (Å²) in [5.74, 6) is 0.146. The molecule has 35 heavy (non-hydrogen) atoms. The number of hydrogen-bond acceptors (Lipinski definition) is 7. The molecule has 0 saturated heterocycles. The normalized spacial score (nSPS) is 13.2. The lowest BCUT2D eigenvalue weighted by Crippen LogP contribution is -2.48. The second kappa shape index (κ2) is 10.5. The molecule has 3 aromatic heterocycles. The third-order valence-corrected chi connectivity index (χ3v) is 5.60. The number of aryl methyl sites for hydroxylation is 1. The fourth-order valence-electron chi connectivity index (χ4n) is 3.96. The number of hydrogen-bond donors (Lipinski definition) is 1. The third-order valence-electron chi connectivity index (χ3n) is 5.60. The summed E-state index contributed by atoms with van der Waals surface area (Å²) >= 11 is 0. The lowest BCUT2D eigenvalue weighted by Gasteiger charge is -2.23. The maximum atomic E-state index is 13.1. The van der Waals surface area contributed by atoms with E-state index in [-0.39, 0.29) is 37.2 Å². The quantitative estimate of drug-likeness (QED) is 0.436. The van der Waals surface area contributed by atoms with Crippen molar-refractivity contribution in [2.45, 2.75) is 58.0 Å². The van der Waals surface area contributed by atoms with E-state index in [4.69, 9.17) is 4.52 Å². The first-order valence-corrected chi connectivity index (χ1v) is 11.2. The van der Waals surface area contributed by atoms with Gasteiger partial charge in [-0.1, -0.05) is 17.8 Å². The van der Waals surface area contributed by atoms with Crippen molar-refractivity contribution in [1.82, 2.24) is 29.6 Å². The van der Waals surface area contributed by atoms with Crippen LogP contribution in [0.15, 0.2) is 50.8 Å². The molecule has 10 nitrogen and oxygen atoms in total. The Labute approximate surface area is 198 Å². The molecule has 184 valence electrons. The minimum absolute atomic E-state index is 0.00707. The number of aromatic nitrogens is 5. The molecule has 0 bridgehead atoms. The number of alkyl halides is 2. The van der Waals surface area contributed by atoms with Crippen LogP contribution in [0.5, 0.6) is 0 Å². The number of rotatable bonds is 10. The van der Waals surface area contributed by atoms with Gasteiger partial charge in [0.05, 0.1) is 5.56 Å². The lowest BCUT2D eigenvalue weighted by atomic mass is 10.0. The Kier molecular flexibility index (Phi) is 7.28. The van der Waals surface area contributed by atoms with Crippen LogP contribution in [-0.4, -0.2) is 36.6 Å². The van der Waals surface area contributed by atoms with Gasteiger partial charge in [0.1, 0.15) is 11.4 Å². The van der Waals surface area contributed by atoms with Crippen molar-refractivity contribution in [2.75, 3.05) is 0 Å². The van der Waals surface area contributed by atoms with Crippen LogP contribution in [0.2, 0.25) is 0 Å². The van der Waals surface area contributed by atoms with Gasteiger partial charge in [0, 0.05) is 44.2 Å². The fourth-order valence-corrected chi connectivity index (χ4v) is 3.96. The number of nitrogens with one attached hydrogen (secondary N) is 1. The average Bonchev–Trinajstić information content (AvgIpc) is 3.30. The number of unbranched alkanes of at least 4 members (excludes halogenated alkanes) is 1. The van der Waals surface area contributed by atoms with Crippen LogP contribution in [0.3, 0.4) is 0 Å². The monoisotopic (exact) mass is 486 g/mol. The maximum absolute atomic E-state index is 13.1. The highest BCUT2D eigenvalue weighted by Crippen LogP contribution is 2.16. The summed E-state index contributed by atoms with van der Waals surface area (Å²) in [7, 11) is 0. The van der Waals surface area contributed by atoms with Gasteiger partial charge in [0.25, 0.3) is 17.4 Å². The molecule has 0 saturated carbocycles. The molecule has 0 unspecified atom stereocenters. The molecular weight excluding hydrogens is 462 g/mol. The topological polar surface area (TPSA) is 125 Å². The van der Waals surface area contributed by atoms with Crippen molar-refractivity contribution in [1.29, 1.82) is 0 Å². The van der Waals surface area contributed by atoms with Gasteiger partial charge in [-0.2, -0.15) is 4.98 Å². The molecule has 0 atom stereocenters. The Morgan fingerprint density at radius 1 is 1.11 bits per heavy atom. The molecule has 1 aliphatic rings. The van der Waals surface area contributed by atoms with Crippen LogP contribution in [0.25, 0.3) is 11.6 Å². The molecule has 0 radical (unpaired) electrons. The number of carbonyl (C=O) groups is 1. The van der Waals surface area contributed by atoms with Gasteiger partial charge in [-0.25, -0.2) is 13.6 Å². The first-order chi connectivity index (χ1) is 16.8. The molecule has 1 aliphatic heterocycles. The van der Waals surface area contributed by atoms with E-state index in [0.717, 1.165) is 9.13 Å². The zero-order valence-electron chi connectivity index (χ0n) is 18.9. The van der Waals surface area contributed by atoms with Gasteiger partial charge in [-0.3, -0.25) is 23.7 Å². The summed E-state index contributed by atoms with van der Waals surface area (Å²) in [6.45, 7) is 3.71. The van der Waals surface area contributed by atoms with Crippen LogP contribution in [0.4, 0.5) is 8.78 Å². The highest BCUT2D eigenvalue weighted by Gasteiger charge is 2.28. The van der Waals surface area contributed by atoms with E-state index in [1.54, 1.807) is 18.3 Å². The van der Waals surface area contributed by atoms with Crippen LogP contribution in [0, 0.1) is 0 Å². The van der Waals surface area contributed by atoms with Gasteiger partial charge in [0.15, 0.2) is 5.82 Å². The Morgan fingerprint density at radius 2 is 1.91 bits per heavy atom. The molecule has 0 aliphatic carbocycles. The molecule has 4 heterocycles. The second-order valence-corrected chi connectivity index (χ2v) is 8.17. The van der Waals surface area contributed by atoms with Crippen LogP contribution in [-0.2, 0) is 25.9 Å². The SMILES string of the molecule is C=C1Cc2c(n(CCCC(F)F)c(=O)n(CCCCc3noc(-c4ccccn4)n3)c2=O)C(=O)N1. The largest absolute Gasteiger partial charge is 0.332 e. The van der Waals surface area contributed by atoms with E-state index in [1.807, 2.05) is 6.07 Å². The van der Waals surface area contributed by atoms with Crippen LogP contribution < -0.4 is 16.6 Å². The van der Waals surface area contributed by atoms with Gasteiger partial charge in [0.2, 0.25) is 6.43 Å². The van der Waals surface area contributed by atoms with Crippen molar-refractivity contribution < 1.29 is 18.1 Å². The zero-order valence-corrected chi connectivity index (χ0v) is 18.9. The van der Waals surface area contributed by atoms with Crippen LogP contribution >= 0.6 is 0 Å². The first kappa shape index (κ1) is 24.2. The molecular formula is C23H24F2N6O4. The molecule has 3 aromatic rings. The fraction of sp³-hybridized carbons (Fsp3) is 0.391. The predicted octanol–water partition coefficient (Wildman–Crippen LogP) is 2.32. The predicted molar refractivity (Wildman–Crippen MR) is 121 cm³/mol. The van der Waals surface area contributed by atoms with Crippen molar-refractivity contribution in [3.05, 3.63) is 74.6 Å². The van der Waals surface area contributed by atoms with E-state index < -0.39 is 30.0 Å². The molecule has 0 fully saturated rings. The summed E-state index contributed by atoms with van der Waals surface area (Å²) in [5, 5.41) is 6.45. The number of amides is 1. The Bertz CT molecular complexity index is 1350. The summed E-state index contributed by atoms with van der Waals surface area (Å²) in [6, 6.07) is 5.33. The van der Waals surface area contributed by atoms with E-state index in [0.29, 0.717) is 42.4 Å². The van der Waals surface area contributed by atoms with Gasteiger partial charge in [-0.15, -0.1) is 0 Å². The standard InChI is InChI=1S/C23H24F2N6O4/c1-14-13-15-19(20(32)27-14)30(12-6-8-17(24)25)23(34)31(22(15)33)11-5-3-9-18-28-21(35-29-18)16-7-2-4-10-26-16/h2,4,7,10,17H,1,3,5-6,8-9,11-13H2,(H,27,32). The molecule has 1 N–H and O–H groups in total. The molecule has 12 heteroatoms. The number of pyridine rings is 1. The summed E-state index contributed by atoms with van der Waals surface area (Å²) in [5.41, 5.74) is -0.291. The van der Waals surface area contributed by atoms with E-state index in [1.165, 1.54) is 0 Å². The van der Waals surface area contributed by atoms with Crippen LogP contribution in [0.1, 0.15) is 47.6 Å². The molecule has 1 amide bonds. The Balaban J connectivity index is 1.49. The highest BCUT2D eigenvalue weighted by molar-refractivity contribution is 5.96. The van der Waals surface area contributed by atoms with Crippen molar-refractivity contribution >= 4 is 5.91 Å². The number of nitrogens with zero attached hydrogens (tertiary/aromatic N) is 5. The van der Waals surface area contributed by atoms with E-state index in [9.17, 15) is 23.2 Å². The summed E-state index contributed by atoms with van der Waals surface area (Å²) in [4.78, 5) is 47.1. The molecule has 0 spiro atoms. The second-order valence-electron chi connectivity index (χ2n) is 8.17. The zero-order chi connectivity index (χ0) is 24.9. The lowest BCUT2D eigenvalue weighted by molar-refractivity contribution is 0.0945.